The number of hydrogen-bond donors (Lipinski definition) is 0. The second-order valence-electron chi connectivity index (χ2n) is 5.00. The Morgan fingerprint density at radius 2 is 1.55 bits per heavy atom. The predicted molar refractivity (Wildman–Crippen MR) is 78.6 cm³/mol. The van der Waals surface area contributed by atoms with Crippen molar-refractivity contribution in [2.24, 2.45) is 0 Å². The Balaban J connectivity index is 2.76. The van der Waals surface area contributed by atoms with Gasteiger partial charge in [-0.2, -0.15) is 4.68 Å². The number of hydrogen-bond acceptors (Lipinski definition) is 4. The van der Waals surface area contributed by atoms with Crippen molar-refractivity contribution in [3.05, 3.63) is 36.8 Å². The lowest BCUT2D eigenvalue weighted by Gasteiger charge is -2.11. The van der Waals surface area contributed by atoms with E-state index in [1.165, 1.54) is 0 Å². The first kappa shape index (κ1) is 15.6. The molecule has 0 bridgehead atoms. The molecule has 9 heteroatoms. The van der Waals surface area contributed by atoms with Crippen LogP contribution in [0.2, 0.25) is 20.4 Å². The summed E-state index contributed by atoms with van der Waals surface area (Å²) >= 11 is 23.7. The van der Waals surface area contributed by atoms with E-state index < -0.39 is 11.2 Å². The molecule has 0 radical (unpaired) electrons. The van der Waals surface area contributed by atoms with Crippen LogP contribution < -0.4 is 5.76 Å². The first-order valence-corrected chi connectivity index (χ1v) is 6.95. The zero-order valence-corrected chi connectivity index (χ0v) is 13.7. The van der Waals surface area contributed by atoms with E-state index in [1.54, 1.807) is 0 Å². The highest BCUT2D eigenvalue weighted by Gasteiger charge is 2.26. The zero-order chi connectivity index (χ0) is 15.2. The highest BCUT2D eigenvalue weighted by molar-refractivity contribution is 6.47. The van der Waals surface area contributed by atoms with Crippen molar-refractivity contribution in [1.82, 2.24) is 14.8 Å². The summed E-state index contributed by atoms with van der Waals surface area (Å²) in [5.41, 5.74) is -0.410. The van der Waals surface area contributed by atoms with Gasteiger partial charge in [0.15, 0.2) is 10.3 Å². The highest BCUT2D eigenvalue weighted by Crippen LogP contribution is 2.36. The SMILES string of the molecule is CC(C)(C)c1nn(-c2c(Cl)c(Cl)nc(Cl)c2Cl)c(=O)o1. The van der Waals surface area contributed by atoms with E-state index in [1.807, 2.05) is 20.8 Å². The fourth-order valence-electron chi connectivity index (χ4n) is 1.38. The van der Waals surface area contributed by atoms with Gasteiger partial charge in [0.25, 0.3) is 0 Å². The Morgan fingerprint density at radius 3 is 1.95 bits per heavy atom. The van der Waals surface area contributed by atoms with Crippen molar-refractivity contribution in [3.8, 4) is 5.69 Å². The second-order valence-corrected chi connectivity index (χ2v) is 6.48. The second kappa shape index (κ2) is 5.22. The summed E-state index contributed by atoms with van der Waals surface area (Å²) in [5.74, 6) is -0.504. The van der Waals surface area contributed by atoms with Crippen LogP contribution in [-0.2, 0) is 5.41 Å². The monoisotopic (exact) mass is 355 g/mol. The van der Waals surface area contributed by atoms with Gasteiger partial charge in [-0.15, -0.1) is 5.10 Å². The molecule has 2 aromatic rings. The zero-order valence-electron chi connectivity index (χ0n) is 10.7. The van der Waals surface area contributed by atoms with Gasteiger partial charge in [0.1, 0.15) is 15.7 Å². The molecule has 0 saturated carbocycles. The predicted octanol–water partition coefficient (Wildman–Crippen LogP) is 4.13. The molecule has 5 nitrogen and oxygen atoms in total. The molecule has 0 spiro atoms. The lowest BCUT2D eigenvalue weighted by atomic mass is 9.97. The van der Waals surface area contributed by atoms with Crippen LogP contribution in [0.1, 0.15) is 26.7 Å². The van der Waals surface area contributed by atoms with Crippen LogP contribution in [0, 0.1) is 0 Å². The van der Waals surface area contributed by atoms with E-state index in [0.29, 0.717) is 0 Å². The number of rotatable bonds is 1. The first-order valence-electron chi connectivity index (χ1n) is 5.44. The summed E-state index contributed by atoms with van der Waals surface area (Å²) in [6.07, 6.45) is 0. The van der Waals surface area contributed by atoms with Gasteiger partial charge in [-0.3, -0.25) is 0 Å². The lowest BCUT2D eigenvalue weighted by molar-refractivity contribution is 0.375. The third-order valence-corrected chi connectivity index (χ3v) is 3.83. The van der Waals surface area contributed by atoms with Crippen LogP contribution in [-0.4, -0.2) is 14.8 Å². The minimum Gasteiger partial charge on any atom is -0.391 e. The van der Waals surface area contributed by atoms with Crippen LogP contribution in [0.5, 0.6) is 0 Å². The Kier molecular flexibility index (Phi) is 4.08. The molecule has 2 heterocycles. The Hall–Kier alpha value is -0.750. The van der Waals surface area contributed by atoms with Crippen molar-refractivity contribution >= 4 is 46.4 Å². The molecule has 0 amide bonds. The Labute approximate surface area is 134 Å². The molecule has 20 heavy (non-hydrogen) atoms. The summed E-state index contributed by atoms with van der Waals surface area (Å²) in [6.45, 7) is 5.54. The molecule has 0 atom stereocenters. The largest absolute Gasteiger partial charge is 0.442 e. The molecule has 2 aromatic heterocycles. The fourth-order valence-corrected chi connectivity index (χ4v) is 2.26. The van der Waals surface area contributed by atoms with Gasteiger partial charge in [0.2, 0.25) is 5.89 Å². The lowest BCUT2D eigenvalue weighted by Crippen LogP contribution is -2.15. The Bertz CT molecular complexity index is 704. The molecule has 0 saturated heterocycles. The minimum atomic E-state index is -0.739. The maximum Gasteiger partial charge on any atom is 0.442 e. The van der Waals surface area contributed by atoms with Crippen LogP contribution in [0.3, 0.4) is 0 Å². The van der Waals surface area contributed by atoms with Crippen molar-refractivity contribution in [2.75, 3.05) is 0 Å². The van der Waals surface area contributed by atoms with E-state index in [9.17, 15) is 4.79 Å². The first-order chi connectivity index (χ1) is 9.12. The maximum atomic E-state index is 11.9. The van der Waals surface area contributed by atoms with E-state index in [4.69, 9.17) is 50.8 Å². The van der Waals surface area contributed by atoms with Gasteiger partial charge in [0.05, 0.1) is 0 Å². The van der Waals surface area contributed by atoms with Gasteiger partial charge in [-0.1, -0.05) is 67.2 Å². The smallest absolute Gasteiger partial charge is 0.391 e. The van der Waals surface area contributed by atoms with Crippen molar-refractivity contribution < 1.29 is 4.42 Å². The number of nitrogens with zero attached hydrogens (tertiary/aromatic N) is 3. The number of halogens is 4. The molecular weight excluding hydrogens is 348 g/mol. The fraction of sp³-hybridized carbons (Fsp3) is 0.364. The summed E-state index contributed by atoms with van der Waals surface area (Å²) in [4.78, 5) is 15.7. The Morgan fingerprint density at radius 1 is 1.05 bits per heavy atom. The van der Waals surface area contributed by atoms with Crippen LogP contribution in [0.15, 0.2) is 9.21 Å². The number of aromatic nitrogens is 3. The van der Waals surface area contributed by atoms with Crippen molar-refractivity contribution in [1.29, 1.82) is 0 Å². The van der Waals surface area contributed by atoms with Crippen LogP contribution in [0.25, 0.3) is 5.69 Å². The van der Waals surface area contributed by atoms with Gasteiger partial charge < -0.3 is 4.42 Å². The standard InChI is InChI=1S/C11H9Cl4N3O2/c1-11(2,3)9-17-18(10(19)20-9)6-4(12)7(14)16-8(15)5(6)13/h1-3H3. The van der Waals surface area contributed by atoms with Gasteiger partial charge in [0, 0.05) is 5.41 Å². The van der Waals surface area contributed by atoms with Crippen LogP contribution >= 0.6 is 46.4 Å². The van der Waals surface area contributed by atoms with Gasteiger partial charge in [-0.05, 0) is 0 Å². The summed E-state index contributed by atoms with van der Waals surface area (Å²) < 4.78 is 6.02. The average molecular weight is 357 g/mol. The van der Waals surface area contributed by atoms with E-state index in [2.05, 4.69) is 10.1 Å². The third kappa shape index (κ3) is 2.68. The molecule has 0 N–H and O–H groups in total. The van der Waals surface area contributed by atoms with E-state index in [0.717, 1.165) is 4.68 Å². The number of pyridine rings is 1. The molecule has 0 aromatic carbocycles. The van der Waals surface area contributed by atoms with Gasteiger partial charge in [-0.25, -0.2) is 9.78 Å². The van der Waals surface area contributed by atoms with Crippen molar-refractivity contribution in [3.63, 3.8) is 0 Å². The quantitative estimate of drug-likeness (QED) is 0.720. The topological polar surface area (TPSA) is 60.9 Å². The molecule has 0 unspecified atom stereocenters. The summed E-state index contributed by atoms with van der Waals surface area (Å²) in [6, 6.07) is 0. The van der Waals surface area contributed by atoms with Crippen LogP contribution in [0.4, 0.5) is 0 Å². The van der Waals surface area contributed by atoms with Crippen molar-refractivity contribution in [2.45, 2.75) is 26.2 Å². The molecule has 0 fully saturated rings. The third-order valence-electron chi connectivity index (χ3n) is 2.38. The van der Waals surface area contributed by atoms with Gasteiger partial charge >= 0.3 is 5.76 Å². The minimum absolute atomic E-state index is 0.0306. The highest BCUT2D eigenvalue weighted by atomic mass is 35.5. The molecule has 0 aliphatic carbocycles. The molecular formula is C11H9Cl4N3O2. The summed E-state index contributed by atoms with van der Waals surface area (Å²) in [7, 11) is 0. The van der Waals surface area contributed by atoms with E-state index >= 15 is 0 Å². The maximum absolute atomic E-state index is 11.9. The normalized spacial score (nSPS) is 11.9. The summed E-state index contributed by atoms with van der Waals surface area (Å²) in [5, 5.41) is 3.86. The van der Waals surface area contributed by atoms with E-state index in [-0.39, 0.29) is 31.9 Å². The molecule has 0 aliphatic heterocycles. The molecule has 2 rings (SSSR count). The molecule has 0 aliphatic rings. The molecule has 108 valence electrons. The average Bonchev–Trinajstić information content (AvgIpc) is 2.69.